The molecule has 34 heavy (non-hydrogen) atoms. The predicted octanol–water partition coefficient (Wildman–Crippen LogP) is 4.89. The maximum Gasteiger partial charge on any atom is 0.299 e. The van der Waals surface area contributed by atoms with Gasteiger partial charge in [0.1, 0.15) is 12.4 Å². The van der Waals surface area contributed by atoms with Gasteiger partial charge in [0.25, 0.3) is 6.01 Å². The highest BCUT2D eigenvalue weighted by Gasteiger charge is 2.14. The zero-order chi connectivity index (χ0) is 23.9. The Morgan fingerprint density at radius 2 is 1.85 bits per heavy atom. The molecule has 0 spiro atoms. The standard InChI is InChI=1S/C27H28N4O3/c1-19-14-22(33-18-20-8-4-3-5-9-20)12-13-24(19)30-27-29-16-25(34-27)23-11-7-6-10-21(23)17-31(2)26(32)15-28/h3-14,16H,15,17-18,28H2,1-2H3,(H,29,30). The molecule has 1 amide bonds. The summed E-state index contributed by atoms with van der Waals surface area (Å²) in [5.74, 6) is 1.29. The van der Waals surface area contributed by atoms with Crippen LogP contribution in [0.4, 0.5) is 11.7 Å². The second kappa shape index (κ2) is 10.7. The summed E-state index contributed by atoms with van der Waals surface area (Å²) in [5.41, 5.74) is 10.3. The second-order valence-corrected chi connectivity index (χ2v) is 8.02. The first kappa shape index (κ1) is 23.1. The smallest absolute Gasteiger partial charge is 0.299 e. The van der Waals surface area contributed by atoms with Crippen molar-refractivity contribution in [2.24, 2.45) is 5.73 Å². The summed E-state index contributed by atoms with van der Waals surface area (Å²) in [6.45, 7) is 2.92. The van der Waals surface area contributed by atoms with E-state index in [9.17, 15) is 4.79 Å². The normalized spacial score (nSPS) is 10.7. The summed E-state index contributed by atoms with van der Waals surface area (Å²) in [6.07, 6.45) is 1.68. The number of nitrogens with zero attached hydrogens (tertiary/aromatic N) is 2. The van der Waals surface area contributed by atoms with E-state index in [1.54, 1.807) is 18.1 Å². The van der Waals surface area contributed by atoms with Crippen LogP contribution in [0, 0.1) is 6.92 Å². The number of oxazole rings is 1. The summed E-state index contributed by atoms with van der Waals surface area (Å²) < 4.78 is 11.9. The van der Waals surface area contributed by atoms with Crippen LogP contribution in [0.3, 0.4) is 0 Å². The Morgan fingerprint density at radius 1 is 1.09 bits per heavy atom. The predicted molar refractivity (Wildman–Crippen MR) is 133 cm³/mol. The molecule has 174 valence electrons. The van der Waals surface area contributed by atoms with Crippen molar-refractivity contribution in [2.45, 2.75) is 20.1 Å². The van der Waals surface area contributed by atoms with Crippen LogP contribution in [0.2, 0.25) is 0 Å². The van der Waals surface area contributed by atoms with Gasteiger partial charge in [-0.2, -0.15) is 0 Å². The molecule has 1 heterocycles. The number of amides is 1. The number of carbonyl (C=O) groups excluding carboxylic acids is 1. The van der Waals surface area contributed by atoms with Crippen molar-refractivity contribution in [1.82, 2.24) is 9.88 Å². The number of hydrogen-bond donors (Lipinski definition) is 2. The molecule has 0 unspecified atom stereocenters. The number of hydrogen-bond acceptors (Lipinski definition) is 6. The number of rotatable bonds is 9. The molecule has 0 aliphatic carbocycles. The van der Waals surface area contributed by atoms with E-state index in [4.69, 9.17) is 14.9 Å². The van der Waals surface area contributed by atoms with E-state index in [-0.39, 0.29) is 12.5 Å². The summed E-state index contributed by atoms with van der Waals surface area (Å²) in [5, 5.41) is 3.24. The van der Waals surface area contributed by atoms with Crippen molar-refractivity contribution in [1.29, 1.82) is 0 Å². The monoisotopic (exact) mass is 456 g/mol. The van der Waals surface area contributed by atoms with Crippen molar-refractivity contribution in [2.75, 3.05) is 18.9 Å². The summed E-state index contributed by atoms with van der Waals surface area (Å²) in [6, 6.07) is 24.1. The van der Waals surface area contributed by atoms with Crippen molar-refractivity contribution >= 4 is 17.6 Å². The third-order valence-electron chi connectivity index (χ3n) is 5.48. The largest absolute Gasteiger partial charge is 0.489 e. The van der Waals surface area contributed by atoms with Gasteiger partial charge in [-0.15, -0.1) is 0 Å². The lowest BCUT2D eigenvalue weighted by Gasteiger charge is -2.17. The number of aryl methyl sites for hydroxylation is 1. The Balaban J connectivity index is 1.45. The molecule has 0 aliphatic heterocycles. The number of nitrogens with two attached hydrogens (primary N) is 1. The van der Waals surface area contributed by atoms with Crippen molar-refractivity contribution < 1.29 is 13.9 Å². The van der Waals surface area contributed by atoms with E-state index >= 15 is 0 Å². The minimum absolute atomic E-state index is 0.0233. The molecule has 4 rings (SSSR count). The molecular formula is C27H28N4O3. The van der Waals surface area contributed by atoms with Crippen LogP contribution in [0.1, 0.15) is 16.7 Å². The third-order valence-corrected chi connectivity index (χ3v) is 5.48. The molecule has 0 atom stereocenters. The van der Waals surface area contributed by atoms with Crippen LogP contribution >= 0.6 is 0 Å². The quantitative estimate of drug-likeness (QED) is 0.372. The van der Waals surface area contributed by atoms with Crippen molar-refractivity contribution in [3.05, 3.63) is 95.7 Å². The fourth-order valence-electron chi connectivity index (χ4n) is 3.58. The van der Waals surface area contributed by atoms with Gasteiger partial charge < -0.3 is 25.1 Å². The topological polar surface area (TPSA) is 93.6 Å². The molecule has 0 bridgehead atoms. The number of benzene rings is 3. The Bertz CT molecular complexity index is 1250. The van der Waals surface area contributed by atoms with Gasteiger partial charge in [0.05, 0.1) is 12.7 Å². The van der Waals surface area contributed by atoms with Gasteiger partial charge in [-0.3, -0.25) is 4.79 Å². The van der Waals surface area contributed by atoms with Crippen LogP contribution < -0.4 is 15.8 Å². The van der Waals surface area contributed by atoms with Gasteiger partial charge in [-0.25, -0.2) is 4.98 Å². The Labute approximate surface area is 199 Å². The molecule has 7 heteroatoms. The Hall–Kier alpha value is -4.10. The molecule has 0 saturated carbocycles. The number of anilines is 2. The molecule has 0 fully saturated rings. The number of likely N-dealkylation sites (N-methyl/N-ethyl adjacent to an activating group) is 1. The minimum atomic E-state index is -0.124. The fraction of sp³-hybridized carbons (Fsp3) is 0.185. The van der Waals surface area contributed by atoms with E-state index in [0.717, 1.165) is 33.7 Å². The molecule has 0 aliphatic rings. The SMILES string of the molecule is Cc1cc(OCc2ccccc2)ccc1Nc1ncc(-c2ccccc2CN(C)C(=O)CN)o1. The first-order chi connectivity index (χ1) is 16.5. The van der Waals surface area contributed by atoms with Crippen molar-refractivity contribution in [3.63, 3.8) is 0 Å². The lowest BCUT2D eigenvalue weighted by molar-refractivity contribution is -0.128. The average Bonchev–Trinajstić information content (AvgIpc) is 3.33. The second-order valence-electron chi connectivity index (χ2n) is 8.02. The number of ether oxygens (including phenoxy) is 1. The Morgan fingerprint density at radius 3 is 2.62 bits per heavy atom. The van der Waals surface area contributed by atoms with Crippen molar-refractivity contribution in [3.8, 4) is 17.1 Å². The molecule has 4 aromatic rings. The third kappa shape index (κ3) is 5.63. The van der Waals surface area contributed by atoms with Gasteiger partial charge in [-0.05, 0) is 41.8 Å². The number of nitrogens with one attached hydrogen (secondary N) is 1. The van der Waals surface area contributed by atoms with Gasteiger partial charge in [0.2, 0.25) is 5.91 Å². The highest BCUT2D eigenvalue weighted by Crippen LogP contribution is 2.30. The molecule has 7 nitrogen and oxygen atoms in total. The molecule has 3 aromatic carbocycles. The maximum absolute atomic E-state index is 11.9. The summed E-state index contributed by atoms with van der Waals surface area (Å²) in [4.78, 5) is 17.9. The van der Waals surface area contributed by atoms with Crippen LogP contribution in [-0.2, 0) is 17.9 Å². The van der Waals surface area contributed by atoms with E-state index in [1.165, 1.54) is 0 Å². The first-order valence-corrected chi connectivity index (χ1v) is 11.1. The van der Waals surface area contributed by atoms with E-state index in [0.29, 0.717) is 24.9 Å². The van der Waals surface area contributed by atoms with Crippen LogP contribution in [0.15, 0.2) is 83.4 Å². The minimum Gasteiger partial charge on any atom is -0.489 e. The maximum atomic E-state index is 11.9. The van der Waals surface area contributed by atoms with Gasteiger partial charge in [0, 0.05) is 24.8 Å². The highest BCUT2D eigenvalue weighted by molar-refractivity contribution is 5.78. The van der Waals surface area contributed by atoms with Crippen LogP contribution in [0.25, 0.3) is 11.3 Å². The lowest BCUT2D eigenvalue weighted by atomic mass is 10.1. The average molecular weight is 457 g/mol. The van der Waals surface area contributed by atoms with E-state index < -0.39 is 0 Å². The molecular weight excluding hydrogens is 428 g/mol. The molecule has 0 saturated heterocycles. The van der Waals surface area contributed by atoms with E-state index in [1.807, 2.05) is 79.7 Å². The summed E-state index contributed by atoms with van der Waals surface area (Å²) >= 11 is 0. The van der Waals surface area contributed by atoms with E-state index in [2.05, 4.69) is 10.3 Å². The van der Waals surface area contributed by atoms with Gasteiger partial charge in [0.15, 0.2) is 5.76 Å². The number of aromatic nitrogens is 1. The summed E-state index contributed by atoms with van der Waals surface area (Å²) in [7, 11) is 1.73. The first-order valence-electron chi connectivity index (χ1n) is 11.1. The molecule has 3 N–H and O–H groups in total. The number of carbonyl (C=O) groups is 1. The Kier molecular flexibility index (Phi) is 7.25. The zero-order valence-corrected chi connectivity index (χ0v) is 19.3. The van der Waals surface area contributed by atoms with Gasteiger partial charge >= 0.3 is 0 Å². The van der Waals surface area contributed by atoms with Crippen LogP contribution in [0.5, 0.6) is 5.75 Å². The molecule has 0 radical (unpaired) electrons. The fourth-order valence-corrected chi connectivity index (χ4v) is 3.58. The lowest BCUT2D eigenvalue weighted by Crippen LogP contribution is -2.32. The van der Waals surface area contributed by atoms with Crippen LogP contribution in [-0.4, -0.2) is 29.4 Å². The highest BCUT2D eigenvalue weighted by atomic mass is 16.5. The zero-order valence-electron chi connectivity index (χ0n) is 19.3. The molecule has 1 aromatic heterocycles. The van der Waals surface area contributed by atoms with Gasteiger partial charge in [-0.1, -0.05) is 54.6 Å².